The molecule has 0 aliphatic carbocycles. The first kappa shape index (κ1) is 28.4. The average molecular weight is 470 g/mol. The van der Waals surface area contributed by atoms with Crippen LogP contribution in [0.3, 0.4) is 0 Å². The standard InChI is InChI=1S/C26H41ClFNO3/c1-3-4-5-6-7-8-9-10-11-12-13-14-15-16-20-32-26(31)21(2)29-25(30)22-18-17-19-23(27)24(22)28/h17-19,21H,3-16,20H2,1-2H3,(H,29,30). The number of unbranched alkanes of at least 4 members (excludes halogenated alkanes) is 13. The summed E-state index contributed by atoms with van der Waals surface area (Å²) in [5.41, 5.74) is -0.191. The summed E-state index contributed by atoms with van der Waals surface area (Å²) in [5, 5.41) is 2.32. The molecule has 182 valence electrons. The van der Waals surface area contributed by atoms with Crippen LogP contribution in [0, 0.1) is 5.82 Å². The molecule has 0 saturated heterocycles. The summed E-state index contributed by atoms with van der Waals surface area (Å²) in [4.78, 5) is 24.2. The fourth-order valence-electron chi connectivity index (χ4n) is 3.61. The molecule has 0 bridgehead atoms. The molecule has 0 aliphatic heterocycles. The number of amides is 1. The lowest BCUT2D eigenvalue weighted by atomic mass is 10.0. The number of ether oxygens (including phenoxy) is 1. The monoisotopic (exact) mass is 469 g/mol. The van der Waals surface area contributed by atoms with Crippen molar-refractivity contribution in [3.05, 3.63) is 34.6 Å². The molecule has 1 unspecified atom stereocenters. The van der Waals surface area contributed by atoms with E-state index in [0.717, 1.165) is 19.3 Å². The number of carbonyl (C=O) groups is 2. The van der Waals surface area contributed by atoms with E-state index in [9.17, 15) is 14.0 Å². The Morgan fingerprint density at radius 2 is 1.41 bits per heavy atom. The van der Waals surface area contributed by atoms with Crippen molar-refractivity contribution in [3.63, 3.8) is 0 Å². The Morgan fingerprint density at radius 3 is 1.94 bits per heavy atom. The van der Waals surface area contributed by atoms with Crippen molar-refractivity contribution in [1.29, 1.82) is 0 Å². The topological polar surface area (TPSA) is 55.4 Å². The minimum absolute atomic E-state index is 0.134. The van der Waals surface area contributed by atoms with Gasteiger partial charge in [0.25, 0.3) is 5.91 Å². The van der Waals surface area contributed by atoms with Crippen molar-refractivity contribution < 1.29 is 18.7 Å². The van der Waals surface area contributed by atoms with Gasteiger partial charge in [-0.25, -0.2) is 9.18 Å². The predicted molar refractivity (Wildman–Crippen MR) is 130 cm³/mol. The maximum atomic E-state index is 13.9. The third-order valence-electron chi connectivity index (χ3n) is 5.64. The molecule has 1 atom stereocenters. The predicted octanol–water partition coefficient (Wildman–Crippen LogP) is 7.62. The van der Waals surface area contributed by atoms with Gasteiger partial charge >= 0.3 is 5.97 Å². The molecule has 0 spiro atoms. The second-order valence-electron chi connectivity index (χ2n) is 8.56. The Bertz CT molecular complexity index is 668. The zero-order chi connectivity index (χ0) is 23.6. The van der Waals surface area contributed by atoms with Crippen molar-refractivity contribution in [2.75, 3.05) is 6.61 Å². The Hall–Kier alpha value is -1.62. The van der Waals surface area contributed by atoms with Crippen LogP contribution in [-0.4, -0.2) is 24.5 Å². The normalized spacial score (nSPS) is 11.9. The summed E-state index contributed by atoms with van der Waals surface area (Å²) in [6, 6.07) is 3.32. The molecule has 0 saturated carbocycles. The number of nitrogens with one attached hydrogen (secondary N) is 1. The molecule has 0 radical (unpaired) electrons. The third-order valence-corrected chi connectivity index (χ3v) is 5.93. The molecule has 32 heavy (non-hydrogen) atoms. The smallest absolute Gasteiger partial charge is 0.328 e. The first-order chi connectivity index (χ1) is 15.5. The molecule has 6 heteroatoms. The average Bonchev–Trinajstić information content (AvgIpc) is 2.77. The zero-order valence-electron chi connectivity index (χ0n) is 19.9. The summed E-state index contributed by atoms with van der Waals surface area (Å²) in [7, 11) is 0. The summed E-state index contributed by atoms with van der Waals surface area (Å²) < 4.78 is 19.1. The molecule has 0 aromatic heterocycles. The largest absolute Gasteiger partial charge is 0.464 e. The van der Waals surface area contributed by atoms with Crippen molar-refractivity contribution in [2.24, 2.45) is 0 Å². The van der Waals surface area contributed by atoms with Gasteiger partial charge in [0.15, 0.2) is 5.82 Å². The van der Waals surface area contributed by atoms with Gasteiger partial charge in [0.1, 0.15) is 6.04 Å². The number of halogens is 2. The highest BCUT2D eigenvalue weighted by Crippen LogP contribution is 2.18. The number of carbonyl (C=O) groups excluding carboxylic acids is 2. The highest BCUT2D eigenvalue weighted by atomic mass is 35.5. The Balaban J connectivity index is 2.00. The Labute approximate surface area is 198 Å². The van der Waals surface area contributed by atoms with Crippen LogP contribution in [0.15, 0.2) is 18.2 Å². The lowest BCUT2D eigenvalue weighted by Gasteiger charge is -2.14. The molecule has 0 fully saturated rings. The quantitative estimate of drug-likeness (QED) is 0.177. The number of benzene rings is 1. The summed E-state index contributed by atoms with van der Waals surface area (Å²) in [6.07, 6.45) is 17.7. The summed E-state index contributed by atoms with van der Waals surface area (Å²) in [5.74, 6) is -2.00. The van der Waals surface area contributed by atoms with Crippen molar-refractivity contribution in [2.45, 2.75) is 110 Å². The second-order valence-corrected chi connectivity index (χ2v) is 8.97. The van der Waals surface area contributed by atoms with Gasteiger partial charge in [0, 0.05) is 0 Å². The van der Waals surface area contributed by atoms with Crippen molar-refractivity contribution in [3.8, 4) is 0 Å². The lowest BCUT2D eigenvalue weighted by Crippen LogP contribution is -2.40. The van der Waals surface area contributed by atoms with E-state index in [1.807, 2.05) is 0 Å². The van der Waals surface area contributed by atoms with Crippen LogP contribution in [0.1, 0.15) is 114 Å². The van der Waals surface area contributed by atoms with Crippen LogP contribution in [-0.2, 0) is 9.53 Å². The highest BCUT2D eigenvalue weighted by molar-refractivity contribution is 6.31. The minimum Gasteiger partial charge on any atom is -0.464 e. The van der Waals surface area contributed by atoms with Crippen molar-refractivity contribution in [1.82, 2.24) is 5.32 Å². The van der Waals surface area contributed by atoms with Crippen LogP contribution < -0.4 is 5.32 Å². The number of hydrogen-bond acceptors (Lipinski definition) is 3. The molecule has 0 heterocycles. The van der Waals surface area contributed by atoms with E-state index in [2.05, 4.69) is 12.2 Å². The van der Waals surface area contributed by atoms with Gasteiger partial charge in [-0.2, -0.15) is 0 Å². The van der Waals surface area contributed by atoms with Gasteiger partial charge in [-0.05, 0) is 25.5 Å². The maximum Gasteiger partial charge on any atom is 0.328 e. The number of esters is 1. The Kier molecular flexibility index (Phi) is 15.9. The van der Waals surface area contributed by atoms with Crippen LogP contribution in [0.2, 0.25) is 5.02 Å². The van der Waals surface area contributed by atoms with Gasteiger partial charge in [0.2, 0.25) is 0 Å². The van der Waals surface area contributed by atoms with Crippen molar-refractivity contribution >= 4 is 23.5 Å². The molecular formula is C26H41ClFNO3. The van der Waals surface area contributed by atoms with Gasteiger partial charge in [-0.1, -0.05) is 108 Å². The van der Waals surface area contributed by atoms with Gasteiger partial charge in [0.05, 0.1) is 17.2 Å². The molecule has 4 nitrogen and oxygen atoms in total. The summed E-state index contributed by atoms with van der Waals surface area (Å²) in [6.45, 7) is 4.11. The van der Waals surface area contributed by atoms with Gasteiger partial charge in [-0.15, -0.1) is 0 Å². The fraction of sp³-hybridized carbons (Fsp3) is 0.692. The summed E-state index contributed by atoms with van der Waals surface area (Å²) >= 11 is 5.69. The number of hydrogen-bond donors (Lipinski definition) is 1. The first-order valence-corrected chi connectivity index (χ1v) is 12.8. The molecule has 1 N–H and O–H groups in total. The van der Waals surface area contributed by atoms with E-state index in [1.165, 1.54) is 95.8 Å². The molecule has 1 aromatic rings. The van der Waals surface area contributed by atoms with Gasteiger partial charge in [-0.3, -0.25) is 4.79 Å². The SMILES string of the molecule is CCCCCCCCCCCCCCCCOC(=O)C(C)NC(=O)c1cccc(Cl)c1F. The Morgan fingerprint density at radius 1 is 0.906 bits per heavy atom. The van der Waals surface area contributed by atoms with E-state index in [1.54, 1.807) is 0 Å². The van der Waals surface area contributed by atoms with E-state index < -0.39 is 23.7 Å². The molecular weight excluding hydrogens is 429 g/mol. The van der Waals surface area contributed by atoms with E-state index in [0.29, 0.717) is 6.61 Å². The van der Waals surface area contributed by atoms with E-state index in [-0.39, 0.29) is 10.6 Å². The van der Waals surface area contributed by atoms with E-state index in [4.69, 9.17) is 16.3 Å². The number of rotatable bonds is 18. The maximum absolute atomic E-state index is 13.9. The minimum atomic E-state index is -0.854. The fourth-order valence-corrected chi connectivity index (χ4v) is 3.78. The zero-order valence-corrected chi connectivity index (χ0v) is 20.7. The van der Waals surface area contributed by atoms with Crippen LogP contribution in [0.5, 0.6) is 0 Å². The highest BCUT2D eigenvalue weighted by Gasteiger charge is 2.20. The molecule has 1 aromatic carbocycles. The molecule has 1 rings (SSSR count). The van der Waals surface area contributed by atoms with Crippen LogP contribution in [0.25, 0.3) is 0 Å². The van der Waals surface area contributed by atoms with Gasteiger partial charge < -0.3 is 10.1 Å². The lowest BCUT2D eigenvalue weighted by molar-refractivity contribution is -0.145. The molecule has 0 aliphatic rings. The van der Waals surface area contributed by atoms with Crippen LogP contribution in [0.4, 0.5) is 4.39 Å². The van der Waals surface area contributed by atoms with Crippen LogP contribution >= 0.6 is 11.6 Å². The first-order valence-electron chi connectivity index (χ1n) is 12.4. The third kappa shape index (κ3) is 12.4. The second kappa shape index (κ2) is 17.9. The molecule has 1 amide bonds. The van der Waals surface area contributed by atoms with E-state index >= 15 is 0 Å².